The van der Waals surface area contributed by atoms with Crippen molar-refractivity contribution in [3.63, 3.8) is 0 Å². The van der Waals surface area contributed by atoms with Gasteiger partial charge >= 0.3 is 5.69 Å². The molecular formula is C19H18ClN3O2. The smallest absolute Gasteiger partial charge is 0.349 e. The Balaban J connectivity index is 1.67. The number of ether oxygens (including phenoxy) is 1. The lowest BCUT2D eigenvalue weighted by atomic mass is 10.1. The van der Waals surface area contributed by atoms with Gasteiger partial charge in [-0.05, 0) is 30.2 Å². The molecule has 0 aliphatic carbocycles. The van der Waals surface area contributed by atoms with Crippen LogP contribution in [0.2, 0.25) is 5.02 Å². The van der Waals surface area contributed by atoms with Gasteiger partial charge in [0, 0.05) is 23.3 Å². The van der Waals surface area contributed by atoms with Crippen molar-refractivity contribution < 1.29 is 4.74 Å². The maximum Gasteiger partial charge on any atom is 0.349 e. The molecule has 0 aliphatic heterocycles. The third-order valence-electron chi connectivity index (χ3n) is 3.72. The summed E-state index contributed by atoms with van der Waals surface area (Å²) in [6.07, 6.45) is 2.41. The van der Waals surface area contributed by atoms with Crippen molar-refractivity contribution in [2.45, 2.75) is 13.0 Å². The van der Waals surface area contributed by atoms with Crippen LogP contribution in [-0.4, -0.2) is 16.2 Å². The van der Waals surface area contributed by atoms with Gasteiger partial charge in [-0.15, -0.1) is 0 Å². The van der Waals surface area contributed by atoms with Crippen LogP contribution in [0.5, 0.6) is 5.75 Å². The first kappa shape index (κ1) is 17.0. The van der Waals surface area contributed by atoms with Gasteiger partial charge in [-0.1, -0.05) is 48.0 Å². The lowest BCUT2D eigenvalue weighted by molar-refractivity contribution is 0.300. The van der Waals surface area contributed by atoms with Crippen molar-refractivity contribution >= 4 is 17.4 Å². The first-order valence-electron chi connectivity index (χ1n) is 7.94. The molecule has 0 saturated heterocycles. The number of aromatic nitrogens is 2. The van der Waals surface area contributed by atoms with E-state index in [1.54, 1.807) is 22.9 Å². The molecule has 6 heteroatoms. The molecule has 3 rings (SSSR count). The zero-order valence-corrected chi connectivity index (χ0v) is 14.3. The van der Waals surface area contributed by atoms with Crippen molar-refractivity contribution in [3.05, 3.63) is 76.3 Å². The Morgan fingerprint density at radius 1 is 1.12 bits per heavy atom. The van der Waals surface area contributed by atoms with Crippen LogP contribution in [0.4, 0.5) is 5.82 Å². The summed E-state index contributed by atoms with van der Waals surface area (Å²) in [4.78, 5) is 16.0. The minimum Gasteiger partial charge on any atom is -0.493 e. The minimum absolute atomic E-state index is 0.239. The van der Waals surface area contributed by atoms with E-state index in [-0.39, 0.29) is 11.5 Å². The quantitative estimate of drug-likeness (QED) is 0.686. The van der Waals surface area contributed by atoms with E-state index in [2.05, 4.69) is 4.98 Å². The fourth-order valence-corrected chi connectivity index (χ4v) is 2.67. The Morgan fingerprint density at radius 2 is 1.92 bits per heavy atom. The third kappa shape index (κ3) is 4.39. The molecule has 128 valence electrons. The van der Waals surface area contributed by atoms with Gasteiger partial charge in [0.15, 0.2) is 0 Å². The predicted octanol–water partition coefficient (Wildman–Crippen LogP) is 3.62. The number of nitrogen functional groups attached to an aromatic ring is 1. The van der Waals surface area contributed by atoms with Crippen molar-refractivity contribution in [2.75, 3.05) is 12.3 Å². The first-order chi connectivity index (χ1) is 12.1. The highest BCUT2D eigenvalue weighted by Crippen LogP contribution is 2.22. The van der Waals surface area contributed by atoms with Gasteiger partial charge in [0.1, 0.15) is 11.6 Å². The standard InChI is InChI=1S/C19H18ClN3O2/c20-15-8-4-9-16(12-15)25-11-5-10-23-13-17(18(21)22-19(23)24)14-6-2-1-3-7-14/h1-4,6-9,12-13H,5,10-11H2,(H2,21,22,24). The highest BCUT2D eigenvalue weighted by atomic mass is 35.5. The van der Waals surface area contributed by atoms with E-state index >= 15 is 0 Å². The summed E-state index contributed by atoms with van der Waals surface area (Å²) in [5.41, 5.74) is 7.22. The van der Waals surface area contributed by atoms with Crippen molar-refractivity contribution in [1.29, 1.82) is 0 Å². The highest BCUT2D eigenvalue weighted by molar-refractivity contribution is 6.30. The average molecular weight is 356 g/mol. The van der Waals surface area contributed by atoms with Crippen LogP contribution in [0.15, 0.2) is 65.6 Å². The maximum absolute atomic E-state index is 12.0. The lowest BCUT2D eigenvalue weighted by Gasteiger charge is -2.11. The van der Waals surface area contributed by atoms with E-state index in [1.165, 1.54) is 0 Å². The molecule has 0 atom stereocenters. The molecule has 5 nitrogen and oxygen atoms in total. The molecule has 0 bridgehead atoms. The molecule has 1 heterocycles. The predicted molar refractivity (Wildman–Crippen MR) is 99.9 cm³/mol. The number of anilines is 1. The monoisotopic (exact) mass is 355 g/mol. The van der Waals surface area contributed by atoms with Gasteiger partial charge in [-0.3, -0.25) is 4.57 Å². The molecule has 2 aromatic carbocycles. The Bertz CT molecular complexity index is 910. The average Bonchev–Trinajstić information content (AvgIpc) is 2.61. The molecule has 0 spiro atoms. The highest BCUT2D eigenvalue weighted by Gasteiger charge is 2.08. The van der Waals surface area contributed by atoms with E-state index in [0.29, 0.717) is 30.3 Å². The van der Waals surface area contributed by atoms with Crippen molar-refractivity contribution in [2.24, 2.45) is 0 Å². The number of aryl methyl sites for hydroxylation is 1. The molecule has 2 N–H and O–H groups in total. The van der Waals surface area contributed by atoms with Gasteiger partial charge < -0.3 is 10.5 Å². The molecule has 1 aromatic heterocycles. The fourth-order valence-electron chi connectivity index (χ4n) is 2.49. The van der Waals surface area contributed by atoms with Gasteiger partial charge in [-0.2, -0.15) is 4.98 Å². The summed E-state index contributed by atoms with van der Waals surface area (Å²) in [5, 5.41) is 0.629. The second-order valence-electron chi connectivity index (χ2n) is 5.54. The number of benzene rings is 2. The zero-order chi connectivity index (χ0) is 17.6. The van der Waals surface area contributed by atoms with Crippen LogP contribution in [0.25, 0.3) is 11.1 Å². The lowest BCUT2D eigenvalue weighted by Crippen LogP contribution is -2.25. The Labute approximate surface area is 150 Å². The summed E-state index contributed by atoms with van der Waals surface area (Å²) in [6, 6.07) is 16.9. The molecule has 0 radical (unpaired) electrons. The van der Waals surface area contributed by atoms with E-state index in [0.717, 1.165) is 11.1 Å². The van der Waals surface area contributed by atoms with Gasteiger partial charge in [0.2, 0.25) is 0 Å². The second kappa shape index (κ2) is 7.85. The summed E-state index contributed by atoms with van der Waals surface area (Å²) in [6.45, 7) is 0.963. The first-order valence-corrected chi connectivity index (χ1v) is 8.32. The van der Waals surface area contributed by atoms with E-state index in [1.807, 2.05) is 42.5 Å². The third-order valence-corrected chi connectivity index (χ3v) is 3.95. The molecule has 0 amide bonds. The number of rotatable bonds is 6. The molecule has 0 aliphatic rings. The Kier molecular flexibility index (Phi) is 5.36. The van der Waals surface area contributed by atoms with Crippen LogP contribution in [-0.2, 0) is 6.54 Å². The van der Waals surface area contributed by atoms with Crippen LogP contribution < -0.4 is 16.2 Å². The Morgan fingerprint density at radius 3 is 2.68 bits per heavy atom. The van der Waals surface area contributed by atoms with E-state index in [4.69, 9.17) is 22.1 Å². The van der Waals surface area contributed by atoms with Gasteiger partial charge in [0.05, 0.1) is 6.61 Å². The number of hydrogen-bond acceptors (Lipinski definition) is 4. The normalized spacial score (nSPS) is 10.6. The molecule has 3 aromatic rings. The molecule has 25 heavy (non-hydrogen) atoms. The fraction of sp³-hybridized carbons (Fsp3) is 0.158. The molecule has 0 fully saturated rings. The topological polar surface area (TPSA) is 70.1 Å². The van der Waals surface area contributed by atoms with Crippen LogP contribution in [0.1, 0.15) is 6.42 Å². The number of nitrogens with zero attached hydrogens (tertiary/aromatic N) is 2. The van der Waals surface area contributed by atoms with Crippen LogP contribution >= 0.6 is 11.6 Å². The van der Waals surface area contributed by atoms with Crippen LogP contribution in [0, 0.1) is 0 Å². The SMILES string of the molecule is Nc1nc(=O)n(CCCOc2cccc(Cl)c2)cc1-c1ccccc1. The zero-order valence-electron chi connectivity index (χ0n) is 13.6. The van der Waals surface area contributed by atoms with E-state index in [9.17, 15) is 4.79 Å². The van der Waals surface area contributed by atoms with Crippen LogP contribution in [0.3, 0.4) is 0 Å². The molecule has 0 saturated carbocycles. The van der Waals surface area contributed by atoms with Crippen molar-refractivity contribution in [1.82, 2.24) is 9.55 Å². The largest absolute Gasteiger partial charge is 0.493 e. The second-order valence-corrected chi connectivity index (χ2v) is 5.98. The number of nitrogens with two attached hydrogens (primary N) is 1. The molecular weight excluding hydrogens is 338 g/mol. The van der Waals surface area contributed by atoms with Gasteiger partial charge in [0.25, 0.3) is 0 Å². The molecule has 0 unspecified atom stereocenters. The maximum atomic E-state index is 12.0. The summed E-state index contributed by atoms with van der Waals surface area (Å²) >= 11 is 5.92. The summed E-state index contributed by atoms with van der Waals surface area (Å²) < 4.78 is 7.20. The van der Waals surface area contributed by atoms with Crippen molar-refractivity contribution in [3.8, 4) is 16.9 Å². The number of hydrogen-bond donors (Lipinski definition) is 1. The number of halogens is 1. The summed E-state index contributed by atoms with van der Waals surface area (Å²) in [7, 11) is 0. The minimum atomic E-state index is -0.361. The van der Waals surface area contributed by atoms with Gasteiger partial charge in [-0.25, -0.2) is 4.79 Å². The van der Waals surface area contributed by atoms with E-state index < -0.39 is 0 Å². The summed E-state index contributed by atoms with van der Waals surface area (Å²) in [5.74, 6) is 0.947. The Hall–Kier alpha value is -2.79.